The molecule has 0 aliphatic carbocycles. The molecule has 1 aliphatic heterocycles. The molecule has 5 nitrogen and oxygen atoms in total. The summed E-state index contributed by atoms with van der Waals surface area (Å²) in [6, 6.07) is 2.25. The van der Waals surface area contributed by atoms with Crippen LogP contribution >= 0.6 is 0 Å². The average molecular weight is 246 g/mol. The Morgan fingerprint density at radius 2 is 2.22 bits per heavy atom. The van der Waals surface area contributed by atoms with Gasteiger partial charge in [0.25, 0.3) is 0 Å². The molecule has 18 heavy (non-hydrogen) atoms. The van der Waals surface area contributed by atoms with Crippen LogP contribution in [0.5, 0.6) is 0 Å². The van der Waals surface area contributed by atoms with Crippen molar-refractivity contribution < 1.29 is 4.74 Å². The van der Waals surface area contributed by atoms with Crippen molar-refractivity contribution in [2.45, 2.75) is 33.3 Å². The normalized spacial score (nSPS) is 19.7. The standard InChI is InChI=1S/C13H18N4O/c1-4-11-8-17(5-6-18-11)13-12(7-14)9(2)10(3)15-16-13/h11H,4-6,8H2,1-3H3/t11-/m0/s1. The molecule has 0 amide bonds. The lowest BCUT2D eigenvalue weighted by Crippen LogP contribution is -2.43. The Bertz CT molecular complexity index is 481. The van der Waals surface area contributed by atoms with E-state index in [-0.39, 0.29) is 6.10 Å². The zero-order valence-corrected chi connectivity index (χ0v) is 11.1. The predicted octanol–water partition coefficient (Wildman–Crippen LogP) is 1.58. The van der Waals surface area contributed by atoms with E-state index < -0.39 is 0 Å². The zero-order valence-electron chi connectivity index (χ0n) is 11.1. The molecule has 96 valence electrons. The molecule has 0 saturated carbocycles. The maximum Gasteiger partial charge on any atom is 0.169 e. The number of rotatable bonds is 2. The molecule has 1 atom stereocenters. The van der Waals surface area contributed by atoms with Crippen LogP contribution in [-0.4, -0.2) is 36.0 Å². The van der Waals surface area contributed by atoms with Crippen LogP contribution in [0.2, 0.25) is 0 Å². The topological polar surface area (TPSA) is 62.0 Å². The molecule has 2 heterocycles. The van der Waals surface area contributed by atoms with Crippen molar-refractivity contribution in [3.8, 4) is 6.07 Å². The van der Waals surface area contributed by atoms with E-state index in [9.17, 15) is 5.26 Å². The highest BCUT2D eigenvalue weighted by molar-refractivity contribution is 5.57. The Labute approximate surface area is 107 Å². The molecule has 1 aromatic heterocycles. The van der Waals surface area contributed by atoms with Gasteiger partial charge in [0.2, 0.25) is 0 Å². The molecule has 1 aliphatic rings. The molecule has 0 radical (unpaired) electrons. The molecule has 5 heteroatoms. The molecule has 0 N–H and O–H groups in total. The summed E-state index contributed by atoms with van der Waals surface area (Å²) in [7, 11) is 0. The second-order valence-electron chi connectivity index (χ2n) is 4.57. The third-order valence-corrected chi connectivity index (χ3v) is 3.44. The van der Waals surface area contributed by atoms with Crippen LogP contribution in [0.4, 0.5) is 5.82 Å². The second-order valence-corrected chi connectivity index (χ2v) is 4.57. The highest BCUT2D eigenvalue weighted by Gasteiger charge is 2.23. The quantitative estimate of drug-likeness (QED) is 0.792. The third-order valence-electron chi connectivity index (χ3n) is 3.44. The van der Waals surface area contributed by atoms with Gasteiger partial charge in [0.05, 0.1) is 18.4 Å². The maximum absolute atomic E-state index is 9.30. The first-order valence-corrected chi connectivity index (χ1v) is 6.27. The summed E-state index contributed by atoms with van der Waals surface area (Å²) in [6.07, 6.45) is 1.19. The summed E-state index contributed by atoms with van der Waals surface area (Å²) in [5, 5.41) is 17.6. The SMILES string of the molecule is CC[C@H]1CN(c2nnc(C)c(C)c2C#N)CCO1. The van der Waals surface area contributed by atoms with Crippen molar-refractivity contribution >= 4 is 5.82 Å². The summed E-state index contributed by atoms with van der Waals surface area (Å²) >= 11 is 0. The van der Waals surface area contributed by atoms with Crippen LogP contribution in [0.25, 0.3) is 0 Å². The van der Waals surface area contributed by atoms with Crippen LogP contribution in [0.15, 0.2) is 0 Å². The number of nitriles is 1. The Hall–Kier alpha value is -1.67. The van der Waals surface area contributed by atoms with Gasteiger partial charge in [0, 0.05) is 13.1 Å². The van der Waals surface area contributed by atoms with Gasteiger partial charge in [0.15, 0.2) is 5.82 Å². The van der Waals surface area contributed by atoms with Crippen molar-refractivity contribution in [2.24, 2.45) is 0 Å². The third kappa shape index (κ3) is 2.29. The molecule has 1 aromatic rings. The van der Waals surface area contributed by atoms with Gasteiger partial charge >= 0.3 is 0 Å². The molecule has 0 spiro atoms. The van der Waals surface area contributed by atoms with E-state index in [0.29, 0.717) is 18.0 Å². The van der Waals surface area contributed by atoms with Gasteiger partial charge in [-0.15, -0.1) is 5.10 Å². The number of ether oxygens (including phenoxy) is 1. The van der Waals surface area contributed by atoms with Gasteiger partial charge < -0.3 is 9.64 Å². The summed E-state index contributed by atoms with van der Waals surface area (Å²) in [5.41, 5.74) is 2.37. The smallest absolute Gasteiger partial charge is 0.169 e. The van der Waals surface area contributed by atoms with Crippen LogP contribution in [-0.2, 0) is 4.74 Å². The van der Waals surface area contributed by atoms with E-state index >= 15 is 0 Å². The lowest BCUT2D eigenvalue weighted by atomic mass is 10.1. The minimum absolute atomic E-state index is 0.216. The number of aryl methyl sites for hydroxylation is 1. The van der Waals surface area contributed by atoms with Crippen molar-refractivity contribution in [3.05, 3.63) is 16.8 Å². The van der Waals surface area contributed by atoms with E-state index in [2.05, 4.69) is 28.1 Å². The van der Waals surface area contributed by atoms with E-state index in [1.165, 1.54) is 0 Å². The number of hydrogen-bond acceptors (Lipinski definition) is 5. The summed E-state index contributed by atoms with van der Waals surface area (Å²) in [4.78, 5) is 2.11. The molecular weight excluding hydrogens is 228 g/mol. The summed E-state index contributed by atoms with van der Waals surface area (Å²) in [6.45, 7) is 8.12. The van der Waals surface area contributed by atoms with Crippen molar-refractivity contribution in [3.63, 3.8) is 0 Å². The summed E-state index contributed by atoms with van der Waals surface area (Å²) in [5.74, 6) is 0.697. The monoisotopic (exact) mass is 246 g/mol. The number of hydrogen-bond donors (Lipinski definition) is 0. The molecule has 0 unspecified atom stereocenters. The van der Waals surface area contributed by atoms with Gasteiger partial charge in [-0.25, -0.2) is 0 Å². The number of aromatic nitrogens is 2. The Balaban J connectivity index is 2.33. The van der Waals surface area contributed by atoms with E-state index in [4.69, 9.17) is 4.74 Å². The number of anilines is 1. The first kappa shape index (κ1) is 12.8. The highest BCUT2D eigenvalue weighted by atomic mass is 16.5. The van der Waals surface area contributed by atoms with Crippen LogP contribution in [0, 0.1) is 25.2 Å². The largest absolute Gasteiger partial charge is 0.375 e. The fraction of sp³-hybridized carbons (Fsp3) is 0.615. The highest BCUT2D eigenvalue weighted by Crippen LogP contribution is 2.23. The van der Waals surface area contributed by atoms with Crippen LogP contribution in [0.1, 0.15) is 30.2 Å². The minimum Gasteiger partial charge on any atom is -0.375 e. The van der Waals surface area contributed by atoms with Crippen molar-refractivity contribution in [2.75, 3.05) is 24.6 Å². The molecule has 0 aromatic carbocycles. The summed E-state index contributed by atoms with van der Waals surface area (Å²) < 4.78 is 5.63. The van der Waals surface area contributed by atoms with E-state index in [1.54, 1.807) is 0 Å². The zero-order chi connectivity index (χ0) is 13.1. The Morgan fingerprint density at radius 1 is 1.44 bits per heavy atom. The number of morpholine rings is 1. The van der Waals surface area contributed by atoms with Crippen molar-refractivity contribution in [1.82, 2.24) is 10.2 Å². The van der Waals surface area contributed by atoms with E-state index in [0.717, 1.165) is 30.8 Å². The van der Waals surface area contributed by atoms with Crippen LogP contribution in [0.3, 0.4) is 0 Å². The Morgan fingerprint density at radius 3 is 2.89 bits per heavy atom. The first-order chi connectivity index (χ1) is 8.67. The minimum atomic E-state index is 0.216. The van der Waals surface area contributed by atoms with Gasteiger partial charge in [0.1, 0.15) is 11.6 Å². The fourth-order valence-electron chi connectivity index (χ4n) is 2.11. The second kappa shape index (κ2) is 5.32. The maximum atomic E-state index is 9.30. The van der Waals surface area contributed by atoms with Gasteiger partial charge in [-0.2, -0.15) is 10.4 Å². The van der Waals surface area contributed by atoms with Gasteiger partial charge in [-0.1, -0.05) is 6.92 Å². The lowest BCUT2D eigenvalue weighted by Gasteiger charge is -2.33. The lowest BCUT2D eigenvalue weighted by molar-refractivity contribution is 0.0381. The predicted molar refractivity (Wildman–Crippen MR) is 68.5 cm³/mol. The Kier molecular flexibility index (Phi) is 3.78. The average Bonchev–Trinajstić information content (AvgIpc) is 2.41. The molecule has 0 bridgehead atoms. The van der Waals surface area contributed by atoms with E-state index in [1.807, 2.05) is 13.8 Å². The van der Waals surface area contributed by atoms with Crippen LogP contribution < -0.4 is 4.90 Å². The van der Waals surface area contributed by atoms with Gasteiger partial charge in [-0.3, -0.25) is 0 Å². The molecule has 2 rings (SSSR count). The molecular formula is C13H18N4O. The molecule has 1 fully saturated rings. The first-order valence-electron chi connectivity index (χ1n) is 6.27. The van der Waals surface area contributed by atoms with Gasteiger partial charge in [-0.05, 0) is 25.8 Å². The molecule has 1 saturated heterocycles. The fourth-order valence-corrected chi connectivity index (χ4v) is 2.11. The number of nitrogens with zero attached hydrogens (tertiary/aromatic N) is 4. The van der Waals surface area contributed by atoms with Crippen molar-refractivity contribution in [1.29, 1.82) is 5.26 Å².